The molecule has 0 fully saturated rings. The minimum atomic E-state index is 0.541. The second-order valence-electron chi connectivity index (χ2n) is 2.72. The van der Waals surface area contributed by atoms with Crippen molar-refractivity contribution >= 4 is 0 Å². The molecule has 0 N–H and O–H groups in total. The summed E-state index contributed by atoms with van der Waals surface area (Å²) in [4.78, 5) is 0. The molecule has 0 aliphatic carbocycles. The van der Waals surface area contributed by atoms with Crippen LogP contribution >= 0.6 is 0 Å². The molecule has 0 spiro atoms. The Hall–Kier alpha value is -1.70. The van der Waals surface area contributed by atoms with Crippen LogP contribution in [-0.2, 0) is 0 Å². The van der Waals surface area contributed by atoms with Crippen molar-refractivity contribution in [3.63, 3.8) is 0 Å². The van der Waals surface area contributed by atoms with Crippen LogP contribution in [0.5, 0.6) is 5.95 Å². The number of furan rings is 1. The van der Waals surface area contributed by atoms with E-state index < -0.39 is 0 Å². The highest BCUT2D eigenvalue weighted by molar-refractivity contribution is 5.63. The molecule has 0 amide bonds. The normalized spacial score (nSPS) is 9.92. The van der Waals surface area contributed by atoms with E-state index in [1.165, 1.54) is 0 Å². The minimum absolute atomic E-state index is 0.541. The standard InChI is InChI=1S/C11H10O2/c1-12-11-7-10(8-13-11)9-5-3-2-4-6-9/h2-8H,1H3. The third-order valence-corrected chi connectivity index (χ3v) is 1.88. The van der Waals surface area contributed by atoms with Gasteiger partial charge in [-0.2, -0.15) is 0 Å². The van der Waals surface area contributed by atoms with Crippen molar-refractivity contribution in [2.75, 3.05) is 7.11 Å². The Morgan fingerprint density at radius 2 is 1.85 bits per heavy atom. The molecule has 1 aromatic carbocycles. The summed E-state index contributed by atoms with van der Waals surface area (Å²) in [6.07, 6.45) is 1.69. The van der Waals surface area contributed by atoms with Crippen molar-refractivity contribution in [2.45, 2.75) is 0 Å². The van der Waals surface area contributed by atoms with Gasteiger partial charge in [0.1, 0.15) is 6.26 Å². The van der Waals surface area contributed by atoms with Crippen molar-refractivity contribution in [3.05, 3.63) is 42.7 Å². The van der Waals surface area contributed by atoms with E-state index in [4.69, 9.17) is 9.15 Å². The summed E-state index contributed by atoms with van der Waals surface area (Å²) in [7, 11) is 1.59. The second-order valence-corrected chi connectivity index (χ2v) is 2.72. The first kappa shape index (κ1) is 7.92. The molecule has 66 valence electrons. The molecule has 13 heavy (non-hydrogen) atoms. The first-order valence-electron chi connectivity index (χ1n) is 4.08. The highest BCUT2D eigenvalue weighted by Crippen LogP contribution is 2.25. The molecule has 2 rings (SSSR count). The zero-order valence-corrected chi connectivity index (χ0v) is 7.36. The summed E-state index contributed by atoms with van der Waals surface area (Å²) in [5.74, 6) is 0.541. The van der Waals surface area contributed by atoms with Crippen molar-refractivity contribution in [3.8, 4) is 17.1 Å². The maximum atomic E-state index is 5.15. The van der Waals surface area contributed by atoms with E-state index >= 15 is 0 Å². The predicted molar refractivity (Wildman–Crippen MR) is 50.7 cm³/mol. The molecule has 0 aliphatic heterocycles. The third kappa shape index (κ3) is 1.56. The van der Waals surface area contributed by atoms with E-state index in [2.05, 4.69) is 0 Å². The largest absolute Gasteiger partial charge is 0.468 e. The fourth-order valence-corrected chi connectivity index (χ4v) is 1.21. The first-order valence-corrected chi connectivity index (χ1v) is 4.08. The Balaban J connectivity index is 2.36. The molecule has 0 atom stereocenters. The van der Waals surface area contributed by atoms with Crippen LogP contribution in [0.4, 0.5) is 0 Å². The lowest BCUT2D eigenvalue weighted by Crippen LogP contribution is -1.76. The zero-order valence-electron chi connectivity index (χ0n) is 7.36. The number of hydrogen-bond acceptors (Lipinski definition) is 2. The lowest BCUT2D eigenvalue weighted by atomic mass is 10.1. The predicted octanol–water partition coefficient (Wildman–Crippen LogP) is 2.96. The number of ether oxygens (including phenoxy) is 1. The molecule has 1 aromatic heterocycles. The number of methoxy groups -OCH3 is 1. The third-order valence-electron chi connectivity index (χ3n) is 1.88. The highest BCUT2D eigenvalue weighted by Gasteiger charge is 2.02. The van der Waals surface area contributed by atoms with Crippen molar-refractivity contribution in [1.29, 1.82) is 0 Å². The van der Waals surface area contributed by atoms with E-state index in [1.54, 1.807) is 13.4 Å². The summed E-state index contributed by atoms with van der Waals surface area (Å²) >= 11 is 0. The van der Waals surface area contributed by atoms with E-state index in [9.17, 15) is 0 Å². The Bertz CT molecular complexity index is 376. The van der Waals surface area contributed by atoms with Crippen LogP contribution < -0.4 is 4.74 Å². The van der Waals surface area contributed by atoms with Gasteiger partial charge in [0, 0.05) is 11.6 Å². The van der Waals surface area contributed by atoms with Gasteiger partial charge < -0.3 is 9.15 Å². The molecule has 0 bridgehead atoms. The molecule has 2 aromatic rings. The Morgan fingerprint density at radius 3 is 2.46 bits per heavy atom. The van der Waals surface area contributed by atoms with E-state index in [-0.39, 0.29) is 0 Å². The van der Waals surface area contributed by atoms with Crippen molar-refractivity contribution in [1.82, 2.24) is 0 Å². The van der Waals surface area contributed by atoms with Gasteiger partial charge >= 0.3 is 0 Å². The van der Waals surface area contributed by atoms with Gasteiger partial charge in [0.05, 0.1) is 7.11 Å². The monoisotopic (exact) mass is 174 g/mol. The summed E-state index contributed by atoms with van der Waals surface area (Å²) in [6.45, 7) is 0. The zero-order chi connectivity index (χ0) is 9.10. The fraction of sp³-hybridized carbons (Fsp3) is 0.0909. The van der Waals surface area contributed by atoms with Crippen LogP contribution in [0, 0.1) is 0 Å². The quantitative estimate of drug-likeness (QED) is 0.698. The van der Waals surface area contributed by atoms with Crippen LogP contribution in [0.3, 0.4) is 0 Å². The van der Waals surface area contributed by atoms with Gasteiger partial charge in [0.15, 0.2) is 0 Å². The maximum absolute atomic E-state index is 5.15. The number of benzene rings is 1. The number of hydrogen-bond donors (Lipinski definition) is 0. The molecular weight excluding hydrogens is 164 g/mol. The summed E-state index contributed by atoms with van der Waals surface area (Å²) in [5, 5.41) is 0. The Morgan fingerprint density at radius 1 is 1.08 bits per heavy atom. The second kappa shape index (κ2) is 3.35. The van der Waals surface area contributed by atoms with Gasteiger partial charge in [-0.25, -0.2) is 0 Å². The van der Waals surface area contributed by atoms with Crippen LogP contribution in [0.2, 0.25) is 0 Å². The average Bonchev–Trinajstić information content (AvgIpc) is 2.67. The van der Waals surface area contributed by atoms with Gasteiger partial charge in [-0.15, -0.1) is 0 Å². The molecule has 0 unspecified atom stereocenters. The van der Waals surface area contributed by atoms with Gasteiger partial charge in [-0.3, -0.25) is 0 Å². The first-order chi connectivity index (χ1) is 6.40. The summed E-state index contributed by atoms with van der Waals surface area (Å²) in [5.41, 5.74) is 2.17. The Labute approximate surface area is 76.8 Å². The van der Waals surface area contributed by atoms with Gasteiger partial charge in [-0.1, -0.05) is 30.3 Å². The lowest BCUT2D eigenvalue weighted by molar-refractivity contribution is 0.305. The maximum Gasteiger partial charge on any atom is 0.284 e. The van der Waals surface area contributed by atoms with E-state index in [0.29, 0.717) is 5.95 Å². The van der Waals surface area contributed by atoms with Crippen LogP contribution in [-0.4, -0.2) is 7.11 Å². The number of rotatable bonds is 2. The summed E-state index contributed by atoms with van der Waals surface area (Å²) in [6, 6.07) is 11.9. The highest BCUT2D eigenvalue weighted by atomic mass is 16.6. The van der Waals surface area contributed by atoms with E-state index in [0.717, 1.165) is 11.1 Å². The van der Waals surface area contributed by atoms with Crippen LogP contribution in [0.25, 0.3) is 11.1 Å². The van der Waals surface area contributed by atoms with Gasteiger partial charge in [0.2, 0.25) is 0 Å². The molecule has 0 saturated carbocycles. The molecule has 0 aliphatic rings. The molecule has 0 saturated heterocycles. The average molecular weight is 174 g/mol. The smallest absolute Gasteiger partial charge is 0.284 e. The van der Waals surface area contributed by atoms with Crippen LogP contribution in [0.1, 0.15) is 0 Å². The molecule has 1 heterocycles. The van der Waals surface area contributed by atoms with Gasteiger partial charge in [-0.05, 0) is 5.56 Å². The topological polar surface area (TPSA) is 22.4 Å². The molecule has 2 nitrogen and oxygen atoms in total. The van der Waals surface area contributed by atoms with E-state index in [1.807, 2.05) is 36.4 Å². The van der Waals surface area contributed by atoms with Crippen LogP contribution in [0.15, 0.2) is 47.1 Å². The summed E-state index contributed by atoms with van der Waals surface area (Å²) < 4.78 is 10.1. The molecular formula is C11H10O2. The molecule has 0 radical (unpaired) electrons. The Kier molecular flexibility index (Phi) is 2.04. The van der Waals surface area contributed by atoms with Gasteiger partial charge in [0.25, 0.3) is 5.95 Å². The van der Waals surface area contributed by atoms with Crippen molar-refractivity contribution in [2.24, 2.45) is 0 Å². The minimum Gasteiger partial charge on any atom is -0.468 e. The fourth-order valence-electron chi connectivity index (χ4n) is 1.21. The SMILES string of the molecule is COc1cc(-c2ccccc2)co1. The van der Waals surface area contributed by atoms with Crippen molar-refractivity contribution < 1.29 is 9.15 Å². The molecule has 2 heteroatoms. The lowest BCUT2D eigenvalue weighted by Gasteiger charge is -1.92.